The molecule has 2 saturated heterocycles. The highest BCUT2D eigenvalue weighted by Crippen LogP contribution is 2.36. The summed E-state index contributed by atoms with van der Waals surface area (Å²) in [4.78, 5) is 0. The average molecular weight is 247 g/mol. The van der Waals surface area contributed by atoms with E-state index in [4.69, 9.17) is 9.47 Å². The molecule has 2 atom stereocenters. The second-order valence-corrected chi connectivity index (χ2v) is 5.46. The van der Waals surface area contributed by atoms with Crippen LogP contribution >= 0.6 is 0 Å². The van der Waals surface area contributed by atoms with Crippen molar-refractivity contribution in [2.24, 2.45) is 0 Å². The van der Waals surface area contributed by atoms with Crippen molar-refractivity contribution >= 4 is 0 Å². The van der Waals surface area contributed by atoms with Crippen LogP contribution < -0.4 is 10.1 Å². The lowest BCUT2D eigenvalue weighted by atomic mass is 9.90. The van der Waals surface area contributed by atoms with Gasteiger partial charge in [0.15, 0.2) is 0 Å². The largest absolute Gasteiger partial charge is 0.488 e. The average Bonchev–Trinajstić information content (AvgIpc) is 3.02. The zero-order valence-electron chi connectivity index (χ0n) is 10.9. The number of nitrogens with one attached hydrogen (secondary N) is 1. The fourth-order valence-electron chi connectivity index (χ4n) is 2.94. The van der Waals surface area contributed by atoms with Crippen molar-refractivity contribution in [2.75, 3.05) is 19.8 Å². The molecular weight excluding hydrogens is 226 g/mol. The van der Waals surface area contributed by atoms with Gasteiger partial charge in [0.2, 0.25) is 0 Å². The van der Waals surface area contributed by atoms with Gasteiger partial charge in [0.1, 0.15) is 11.9 Å². The standard InChI is InChI=1S/C15H21NO2/c1-15(8-4-9-16-15)13-5-2-3-6-14(13)18-12-7-10-17-11-12/h2-3,5-6,12,16H,4,7-11H2,1H3. The van der Waals surface area contributed by atoms with Crippen molar-refractivity contribution < 1.29 is 9.47 Å². The monoisotopic (exact) mass is 247 g/mol. The van der Waals surface area contributed by atoms with Crippen molar-refractivity contribution in [3.05, 3.63) is 29.8 Å². The molecule has 0 saturated carbocycles. The third-order valence-corrected chi connectivity index (χ3v) is 4.03. The smallest absolute Gasteiger partial charge is 0.124 e. The first-order valence-electron chi connectivity index (χ1n) is 6.87. The van der Waals surface area contributed by atoms with E-state index in [1.165, 1.54) is 18.4 Å². The van der Waals surface area contributed by atoms with Gasteiger partial charge in [-0.05, 0) is 32.4 Å². The van der Waals surface area contributed by atoms with Gasteiger partial charge in [-0.25, -0.2) is 0 Å². The highest BCUT2D eigenvalue weighted by molar-refractivity contribution is 5.39. The van der Waals surface area contributed by atoms with E-state index in [0.29, 0.717) is 0 Å². The van der Waals surface area contributed by atoms with E-state index < -0.39 is 0 Å². The van der Waals surface area contributed by atoms with E-state index >= 15 is 0 Å². The first-order chi connectivity index (χ1) is 8.78. The molecule has 98 valence electrons. The quantitative estimate of drug-likeness (QED) is 0.890. The Kier molecular flexibility index (Phi) is 3.27. The third kappa shape index (κ3) is 2.25. The van der Waals surface area contributed by atoms with E-state index in [-0.39, 0.29) is 11.6 Å². The van der Waals surface area contributed by atoms with Crippen LogP contribution in [0.15, 0.2) is 24.3 Å². The molecule has 1 aromatic carbocycles. The van der Waals surface area contributed by atoms with Crippen molar-refractivity contribution in [1.82, 2.24) is 5.32 Å². The molecule has 2 aliphatic rings. The van der Waals surface area contributed by atoms with Crippen molar-refractivity contribution in [1.29, 1.82) is 0 Å². The van der Waals surface area contributed by atoms with Crippen LogP contribution in [-0.2, 0) is 10.3 Å². The van der Waals surface area contributed by atoms with E-state index in [1.54, 1.807) is 0 Å². The molecule has 0 radical (unpaired) electrons. The molecule has 2 heterocycles. The molecule has 18 heavy (non-hydrogen) atoms. The van der Waals surface area contributed by atoms with Gasteiger partial charge in [0.25, 0.3) is 0 Å². The maximum Gasteiger partial charge on any atom is 0.124 e. The van der Waals surface area contributed by atoms with Gasteiger partial charge in [-0.3, -0.25) is 0 Å². The van der Waals surface area contributed by atoms with Crippen molar-refractivity contribution in [3.8, 4) is 5.75 Å². The lowest BCUT2D eigenvalue weighted by Crippen LogP contribution is -2.34. The minimum Gasteiger partial charge on any atom is -0.488 e. The molecule has 0 aromatic heterocycles. The number of hydrogen-bond acceptors (Lipinski definition) is 3. The number of para-hydroxylation sites is 1. The highest BCUT2D eigenvalue weighted by Gasteiger charge is 2.33. The first-order valence-corrected chi connectivity index (χ1v) is 6.87. The zero-order chi connectivity index (χ0) is 12.4. The molecule has 0 amide bonds. The Hall–Kier alpha value is -1.06. The Balaban J connectivity index is 1.84. The molecule has 1 N–H and O–H groups in total. The molecule has 2 aliphatic heterocycles. The second kappa shape index (κ2) is 4.90. The maximum atomic E-state index is 6.12. The second-order valence-electron chi connectivity index (χ2n) is 5.46. The van der Waals surface area contributed by atoms with Gasteiger partial charge in [-0.15, -0.1) is 0 Å². The Morgan fingerprint density at radius 3 is 3.00 bits per heavy atom. The Labute approximate surface area is 108 Å². The lowest BCUT2D eigenvalue weighted by molar-refractivity contribution is 0.139. The Bertz CT molecular complexity index is 407. The first kappa shape index (κ1) is 12.0. The van der Waals surface area contributed by atoms with Crippen LogP contribution in [0.2, 0.25) is 0 Å². The minimum absolute atomic E-state index is 0.0655. The molecule has 0 spiro atoms. The minimum atomic E-state index is 0.0655. The topological polar surface area (TPSA) is 30.5 Å². The van der Waals surface area contributed by atoms with Gasteiger partial charge in [0.05, 0.1) is 13.2 Å². The summed E-state index contributed by atoms with van der Waals surface area (Å²) < 4.78 is 11.5. The van der Waals surface area contributed by atoms with Gasteiger partial charge in [-0.2, -0.15) is 0 Å². The predicted octanol–water partition coefficient (Wildman–Crippen LogP) is 2.45. The SMILES string of the molecule is CC1(c2ccccc2OC2CCOC2)CCCN1. The molecule has 0 bridgehead atoms. The van der Waals surface area contributed by atoms with Gasteiger partial charge >= 0.3 is 0 Å². The third-order valence-electron chi connectivity index (χ3n) is 4.03. The van der Waals surface area contributed by atoms with Crippen LogP contribution in [-0.4, -0.2) is 25.9 Å². The summed E-state index contributed by atoms with van der Waals surface area (Å²) >= 11 is 0. The van der Waals surface area contributed by atoms with Crippen LogP contribution in [0.5, 0.6) is 5.75 Å². The summed E-state index contributed by atoms with van der Waals surface area (Å²) in [6, 6.07) is 8.41. The lowest BCUT2D eigenvalue weighted by Gasteiger charge is -2.28. The molecular formula is C15H21NO2. The maximum absolute atomic E-state index is 6.12. The van der Waals surface area contributed by atoms with E-state index in [9.17, 15) is 0 Å². The summed E-state index contributed by atoms with van der Waals surface area (Å²) in [6.07, 6.45) is 3.63. The van der Waals surface area contributed by atoms with E-state index in [2.05, 4.69) is 30.4 Å². The predicted molar refractivity (Wildman–Crippen MR) is 70.9 cm³/mol. The van der Waals surface area contributed by atoms with Crippen LogP contribution in [0.25, 0.3) is 0 Å². The Morgan fingerprint density at radius 2 is 2.28 bits per heavy atom. The zero-order valence-corrected chi connectivity index (χ0v) is 10.9. The molecule has 2 unspecified atom stereocenters. The molecule has 0 aliphatic carbocycles. The fourth-order valence-corrected chi connectivity index (χ4v) is 2.94. The van der Waals surface area contributed by atoms with E-state index in [0.717, 1.165) is 31.9 Å². The summed E-state index contributed by atoms with van der Waals surface area (Å²) in [7, 11) is 0. The van der Waals surface area contributed by atoms with Crippen LogP contribution in [0.1, 0.15) is 31.7 Å². The number of rotatable bonds is 3. The summed E-state index contributed by atoms with van der Waals surface area (Å²) in [6.45, 7) is 4.91. The van der Waals surface area contributed by atoms with Gasteiger partial charge in [-0.1, -0.05) is 18.2 Å². The van der Waals surface area contributed by atoms with Crippen LogP contribution in [0, 0.1) is 0 Å². The number of hydrogen-bond donors (Lipinski definition) is 1. The van der Waals surface area contributed by atoms with E-state index in [1.807, 2.05) is 6.07 Å². The fraction of sp³-hybridized carbons (Fsp3) is 0.600. The number of ether oxygens (including phenoxy) is 2. The molecule has 3 rings (SSSR count). The van der Waals surface area contributed by atoms with Gasteiger partial charge in [0, 0.05) is 17.5 Å². The van der Waals surface area contributed by atoms with Crippen LogP contribution in [0.3, 0.4) is 0 Å². The molecule has 1 aromatic rings. The summed E-state index contributed by atoms with van der Waals surface area (Å²) in [5.74, 6) is 1.02. The normalized spacial score (nSPS) is 31.7. The van der Waals surface area contributed by atoms with Crippen molar-refractivity contribution in [2.45, 2.75) is 37.8 Å². The highest BCUT2D eigenvalue weighted by atomic mass is 16.5. The number of benzene rings is 1. The van der Waals surface area contributed by atoms with Crippen molar-refractivity contribution in [3.63, 3.8) is 0 Å². The summed E-state index contributed by atoms with van der Waals surface area (Å²) in [5, 5.41) is 3.60. The van der Waals surface area contributed by atoms with Crippen LogP contribution in [0.4, 0.5) is 0 Å². The molecule has 3 nitrogen and oxygen atoms in total. The molecule has 2 fully saturated rings. The van der Waals surface area contributed by atoms with Gasteiger partial charge < -0.3 is 14.8 Å². The summed E-state index contributed by atoms with van der Waals surface area (Å²) in [5.41, 5.74) is 1.35. The molecule has 3 heteroatoms. The Morgan fingerprint density at radius 1 is 1.39 bits per heavy atom.